The number of rotatable bonds is 6. The fourth-order valence-electron chi connectivity index (χ4n) is 1.07. The van der Waals surface area contributed by atoms with Gasteiger partial charge in [-0.2, -0.15) is 0 Å². The molecular weight excluding hydrogens is 287 g/mol. The van der Waals surface area contributed by atoms with Gasteiger partial charge < -0.3 is 15.2 Å². The Hall–Kier alpha value is -1.47. The van der Waals surface area contributed by atoms with Gasteiger partial charge in [0, 0.05) is 0 Å². The van der Waals surface area contributed by atoms with Gasteiger partial charge in [-0.1, -0.05) is 11.6 Å². The molecule has 8 heteroatoms. The average molecular weight is 298 g/mol. The topological polar surface area (TPSA) is 58.6 Å². The van der Waals surface area contributed by atoms with Crippen LogP contribution in [0.25, 0.3) is 0 Å². The Labute approximate surface area is 112 Å². The van der Waals surface area contributed by atoms with Crippen LogP contribution in [0.2, 0.25) is 5.02 Å². The van der Waals surface area contributed by atoms with E-state index < -0.39 is 37.4 Å². The summed E-state index contributed by atoms with van der Waals surface area (Å²) < 4.78 is 42.9. The molecule has 0 aliphatic carbocycles. The van der Waals surface area contributed by atoms with Gasteiger partial charge in [-0.15, -0.1) is 0 Å². The quantitative estimate of drug-likeness (QED) is 0.838. The van der Waals surface area contributed by atoms with E-state index in [2.05, 4.69) is 0 Å². The van der Waals surface area contributed by atoms with Gasteiger partial charge in [-0.3, -0.25) is 4.79 Å². The van der Waals surface area contributed by atoms with Crippen LogP contribution in [0.15, 0.2) is 18.2 Å². The molecule has 2 N–H and O–H groups in total. The summed E-state index contributed by atoms with van der Waals surface area (Å²) in [5.41, 5.74) is 0. The molecule has 0 radical (unpaired) electrons. The van der Waals surface area contributed by atoms with Gasteiger partial charge in [0.1, 0.15) is 18.2 Å². The molecule has 106 valence electrons. The first kappa shape index (κ1) is 15.6. The van der Waals surface area contributed by atoms with E-state index in [1.54, 1.807) is 0 Å². The second-order valence-electron chi connectivity index (χ2n) is 3.65. The molecule has 0 saturated carbocycles. The number of hydrogen-bond acceptors (Lipinski definition) is 3. The number of aliphatic hydroxyl groups is 1. The molecule has 0 bridgehead atoms. The minimum atomic E-state index is -3.39. The maximum absolute atomic E-state index is 12.7. The zero-order chi connectivity index (χ0) is 14.5. The van der Waals surface area contributed by atoms with Crippen LogP contribution in [0.5, 0.6) is 5.75 Å². The van der Waals surface area contributed by atoms with Crippen LogP contribution in [-0.4, -0.2) is 36.7 Å². The predicted molar refractivity (Wildman–Crippen MR) is 61.9 cm³/mol. The minimum absolute atomic E-state index is 0.0338. The van der Waals surface area contributed by atoms with Gasteiger partial charge in [-0.05, 0) is 18.2 Å². The number of hydrogen-bond donors (Lipinski definition) is 2. The van der Waals surface area contributed by atoms with E-state index in [0.29, 0.717) is 0 Å². The zero-order valence-corrected chi connectivity index (χ0v) is 10.4. The summed E-state index contributed by atoms with van der Waals surface area (Å²) in [6, 6.07) is 3.29. The lowest BCUT2D eigenvalue weighted by Gasteiger charge is -2.14. The van der Waals surface area contributed by atoms with E-state index in [9.17, 15) is 18.0 Å². The number of carbonyl (C=O) groups excluding carboxylic acids is 1. The Kier molecular flexibility index (Phi) is 5.44. The molecule has 0 aliphatic rings. The Bertz CT molecular complexity index is 457. The number of carbonyl (C=O) groups is 1. The molecule has 0 aromatic heterocycles. The lowest BCUT2D eigenvalue weighted by Crippen LogP contribution is -2.40. The summed E-state index contributed by atoms with van der Waals surface area (Å²) in [6.45, 7) is -2.91. The summed E-state index contributed by atoms with van der Waals surface area (Å²) in [5, 5.41) is 10.1. The fourth-order valence-corrected chi connectivity index (χ4v) is 1.29. The molecule has 4 nitrogen and oxygen atoms in total. The van der Waals surface area contributed by atoms with E-state index in [1.165, 1.54) is 6.07 Å². The Morgan fingerprint density at radius 2 is 2.16 bits per heavy atom. The van der Waals surface area contributed by atoms with E-state index in [1.807, 2.05) is 5.32 Å². The molecule has 19 heavy (non-hydrogen) atoms. The van der Waals surface area contributed by atoms with Crippen molar-refractivity contribution in [3.05, 3.63) is 29.0 Å². The van der Waals surface area contributed by atoms with E-state index in [-0.39, 0.29) is 10.8 Å². The number of nitrogens with one attached hydrogen (secondary N) is 1. The molecule has 1 aromatic carbocycles. The summed E-state index contributed by atoms with van der Waals surface area (Å²) >= 11 is 5.64. The molecule has 0 spiro atoms. The van der Waals surface area contributed by atoms with Crippen molar-refractivity contribution in [1.82, 2.24) is 5.32 Å². The fraction of sp³-hybridized carbons (Fsp3) is 0.364. The first-order chi connectivity index (χ1) is 8.84. The third-order valence-corrected chi connectivity index (χ3v) is 2.32. The SMILES string of the molecule is O=C(COc1ccc(F)cc1Cl)NCC(F)(F)CO. The number of aliphatic hydroxyl groups excluding tert-OH is 1. The van der Waals surface area contributed by atoms with E-state index in [0.717, 1.165) is 12.1 Å². The molecule has 0 unspecified atom stereocenters. The van der Waals surface area contributed by atoms with E-state index in [4.69, 9.17) is 21.4 Å². The maximum atomic E-state index is 12.7. The van der Waals surface area contributed by atoms with Gasteiger partial charge in [-0.25, -0.2) is 13.2 Å². The third-order valence-electron chi connectivity index (χ3n) is 2.03. The van der Waals surface area contributed by atoms with Crippen LogP contribution in [0, 0.1) is 5.82 Å². The Balaban J connectivity index is 2.42. The second-order valence-corrected chi connectivity index (χ2v) is 4.06. The lowest BCUT2D eigenvalue weighted by molar-refractivity contribution is -0.126. The second kappa shape index (κ2) is 6.63. The van der Waals surface area contributed by atoms with Crippen molar-refractivity contribution < 1.29 is 27.8 Å². The Morgan fingerprint density at radius 3 is 2.74 bits per heavy atom. The van der Waals surface area contributed by atoms with Crippen molar-refractivity contribution in [3.8, 4) is 5.75 Å². The van der Waals surface area contributed by atoms with Crippen molar-refractivity contribution in [2.45, 2.75) is 5.92 Å². The van der Waals surface area contributed by atoms with Crippen LogP contribution in [-0.2, 0) is 4.79 Å². The lowest BCUT2D eigenvalue weighted by atomic mass is 10.3. The monoisotopic (exact) mass is 297 g/mol. The third kappa shape index (κ3) is 5.35. The van der Waals surface area contributed by atoms with Crippen molar-refractivity contribution in [2.24, 2.45) is 0 Å². The van der Waals surface area contributed by atoms with Gasteiger partial charge in [0.2, 0.25) is 0 Å². The summed E-state index contributed by atoms with van der Waals surface area (Å²) in [7, 11) is 0. The number of alkyl halides is 2. The van der Waals surface area contributed by atoms with Crippen LogP contribution >= 0.6 is 11.6 Å². The van der Waals surface area contributed by atoms with E-state index >= 15 is 0 Å². The highest BCUT2D eigenvalue weighted by atomic mass is 35.5. The molecule has 0 fully saturated rings. The Morgan fingerprint density at radius 1 is 1.47 bits per heavy atom. The molecule has 0 aliphatic heterocycles. The minimum Gasteiger partial charge on any atom is -0.482 e. The molecule has 1 amide bonds. The standard InChI is InChI=1S/C11H11ClF3NO3/c12-8-3-7(13)1-2-9(8)19-4-10(18)16-5-11(14,15)6-17/h1-3,17H,4-6H2,(H,16,18). The van der Waals surface area contributed by atoms with Crippen LogP contribution in [0.1, 0.15) is 0 Å². The molecule has 0 atom stereocenters. The highest BCUT2D eigenvalue weighted by molar-refractivity contribution is 6.32. The summed E-state index contributed by atoms with van der Waals surface area (Å²) in [4.78, 5) is 11.2. The van der Waals surface area contributed by atoms with Gasteiger partial charge in [0.05, 0.1) is 11.6 Å². The van der Waals surface area contributed by atoms with Crippen LogP contribution < -0.4 is 10.1 Å². The highest BCUT2D eigenvalue weighted by Gasteiger charge is 2.28. The molecule has 1 rings (SSSR count). The smallest absolute Gasteiger partial charge is 0.287 e. The molecule has 1 aromatic rings. The van der Waals surface area contributed by atoms with Crippen molar-refractivity contribution in [1.29, 1.82) is 0 Å². The summed E-state index contributed by atoms with van der Waals surface area (Å²) in [6.07, 6.45) is 0. The first-order valence-electron chi connectivity index (χ1n) is 5.17. The average Bonchev–Trinajstić information content (AvgIpc) is 2.35. The largest absolute Gasteiger partial charge is 0.482 e. The van der Waals surface area contributed by atoms with Crippen molar-refractivity contribution in [3.63, 3.8) is 0 Å². The van der Waals surface area contributed by atoms with Gasteiger partial charge >= 0.3 is 0 Å². The highest BCUT2D eigenvalue weighted by Crippen LogP contribution is 2.24. The molecular formula is C11H11ClF3NO3. The molecule has 0 saturated heterocycles. The zero-order valence-electron chi connectivity index (χ0n) is 9.63. The first-order valence-corrected chi connectivity index (χ1v) is 5.55. The van der Waals surface area contributed by atoms with Gasteiger partial charge in [0.15, 0.2) is 6.61 Å². The van der Waals surface area contributed by atoms with Crippen LogP contribution in [0.4, 0.5) is 13.2 Å². The van der Waals surface area contributed by atoms with Crippen LogP contribution in [0.3, 0.4) is 0 Å². The summed E-state index contributed by atoms with van der Waals surface area (Å²) in [5.74, 6) is -4.70. The maximum Gasteiger partial charge on any atom is 0.287 e. The van der Waals surface area contributed by atoms with Gasteiger partial charge in [0.25, 0.3) is 11.8 Å². The number of amides is 1. The molecule has 0 heterocycles. The predicted octanol–water partition coefficient (Wildman–Crippen LogP) is 1.60. The van der Waals surface area contributed by atoms with Crippen molar-refractivity contribution >= 4 is 17.5 Å². The normalized spacial score (nSPS) is 11.2. The number of benzene rings is 1. The number of halogens is 4. The van der Waals surface area contributed by atoms with Crippen molar-refractivity contribution in [2.75, 3.05) is 19.8 Å². The number of ether oxygens (including phenoxy) is 1.